The van der Waals surface area contributed by atoms with Crippen LogP contribution in [0, 0.1) is 6.92 Å². The fourth-order valence-electron chi connectivity index (χ4n) is 0.822. The third-order valence-corrected chi connectivity index (χ3v) is 3.36. The fraction of sp³-hybridized carbons (Fsp3) is 0.333. The Kier molecular flexibility index (Phi) is 5.31. The molecule has 1 rings (SSSR count). The topological polar surface area (TPSA) is 37.3 Å². The second-order valence-electron chi connectivity index (χ2n) is 2.28. The van der Waals surface area contributed by atoms with Gasteiger partial charge in [-0.1, -0.05) is 0 Å². The molecule has 0 saturated carbocycles. The Hall–Kier alpha value is 0.600. The number of hydrogen-bond acceptors (Lipinski definition) is 2. The summed E-state index contributed by atoms with van der Waals surface area (Å²) >= 11 is -1.66. The van der Waals surface area contributed by atoms with E-state index in [9.17, 15) is 17.4 Å². The molecule has 0 radical (unpaired) electrons. The predicted molar refractivity (Wildman–Crippen MR) is 50.2 cm³/mol. The molecular weight excluding hydrogens is 248 g/mol. The Morgan fingerprint density at radius 3 is 2.21 bits per heavy atom. The Balaban J connectivity index is 0.00000169. The van der Waals surface area contributed by atoms with Gasteiger partial charge in [-0.05, 0) is 13.0 Å². The van der Waals surface area contributed by atoms with Gasteiger partial charge in [-0.15, -0.1) is 11.3 Å². The number of thiophene rings is 1. The van der Waals surface area contributed by atoms with Crippen molar-refractivity contribution in [2.24, 2.45) is 0 Å². The number of aryl methyl sites for hydroxylation is 1. The van der Waals surface area contributed by atoms with E-state index in [-0.39, 0.29) is 38.6 Å². The molecule has 1 N–H and O–H groups in total. The molecular formula is C6H6F3NaO2S2. The van der Waals surface area contributed by atoms with Gasteiger partial charge >= 0.3 is 35.7 Å². The second kappa shape index (κ2) is 5.09. The molecule has 0 aliphatic rings. The standard InChI is InChI=1S/C6H5F3O2S2.Na.H/c1-3-4(6(7,8)9)2-5(12-3)13(10)11;;/h2H,1H3,(H,10,11);;. The van der Waals surface area contributed by atoms with Gasteiger partial charge in [-0.25, -0.2) is 4.21 Å². The SMILES string of the molecule is Cc1sc(S(=O)O)cc1C(F)(F)F.[NaH]. The first-order valence-electron chi connectivity index (χ1n) is 3.11. The molecule has 1 unspecified atom stereocenters. The third-order valence-electron chi connectivity index (χ3n) is 1.37. The van der Waals surface area contributed by atoms with Crippen LogP contribution in [0.2, 0.25) is 0 Å². The summed E-state index contributed by atoms with van der Waals surface area (Å²) in [6.45, 7) is 1.27. The second-order valence-corrected chi connectivity index (χ2v) is 4.74. The average molecular weight is 254 g/mol. The summed E-state index contributed by atoms with van der Waals surface area (Å²) in [6.07, 6.45) is -4.45. The molecule has 0 bridgehead atoms. The predicted octanol–water partition coefficient (Wildman–Crippen LogP) is 2.01. The van der Waals surface area contributed by atoms with Gasteiger partial charge in [0, 0.05) is 4.88 Å². The van der Waals surface area contributed by atoms with Gasteiger partial charge in [0.15, 0.2) is 11.1 Å². The number of rotatable bonds is 1. The molecule has 1 heterocycles. The minimum absolute atomic E-state index is 0. The van der Waals surface area contributed by atoms with E-state index in [1.165, 1.54) is 6.92 Å². The van der Waals surface area contributed by atoms with Gasteiger partial charge in [-0.3, -0.25) is 0 Å². The molecule has 1 atom stereocenters. The summed E-state index contributed by atoms with van der Waals surface area (Å²) in [6, 6.07) is 0.704. The van der Waals surface area contributed by atoms with Crippen LogP contribution in [0.4, 0.5) is 13.2 Å². The van der Waals surface area contributed by atoms with Gasteiger partial charge in [0.25, 0.3) is 0 Å². The van der Waals surface area contributed by atoms with E-state index in [2.05, 4.69) is 0 Å². The molecule has 0 fully saturated rings. The molecule has 0 aromatic carbocycles. The molecule has 0 saturated heterocycles. The van der Waals surface area contributed by atoms with Crippen molar-refractivity contribution in [3.05, 3.63) is 16.5 Å². The zero-order valence-electron chi connectivity index (χ0n) is 6.38. The molecule has 76 valence electrons. The first-order chi connectivity index (χ1) is 5.82. The van der Waals surface area contributed by atoms with E-state index in [0.29, 0.717) is 17.4 Å². The van der Waals surface area contributed by atoms with E-state index >= 15 is 0 Å². The number of hydrogen-bond donors (Lipinski definition) is 1. The van der Waals surface area contributed by atoms with Crippen molar-refractivity contribution in [1.82, 2.24) is 0 Å². The van der Waals surface area contributed by atoms with Gasteiger partial charge in [-0.2, -0.15) is 13.2 Å². The van der Waals surface area contributed by atoms with Crippen molar-refractivity contribution in [3.8, 4) is 0 Å². The van der Waals surface area contributed by atoms with Gasteiger partial charge in [0.2, 0.25) is 0 Å². The summed E-state index contributed by atoms with van der Waals surface area (Å²) in [5.41, 5.74) is -0.838. The van der Waals surface area contributed by atoms with Crippen molar-refractivity contribution < 1.29 is 21.9 Å². The number of halogens is 3. The van der Waals surface area contributed by atoms with Crippen LogP contribution in [0.25, 0.3) is 0 Å². The Morgan fingerprint density at radius 1 is 1.50 bits per heavy atom. The zero-order valence-corrected chi connectivity index (χ0v) is 8.02. The molecule has 0 amide bonds. The van der Waals surface area contributed by atoms with Crippen LogP contribution in [0.5, 0.6) is 0 Å². The van der Waals surface area contributed by atoms with Crippen molar-refractivity contribution in [2.75, 3.05) is 0 Å². The van der Waals surface area contributed by atoms with E-state index in [1.54, 1.807) is 0 Å². The van der Waals surface area contributed by atoms with Gasteiger partial charge in [0.1, 0.15) is 4.21 Å². The summed E-state index contributed by atoms with van der Waals surface area (Å²) in [7, 11) is 0. The Morgan fingerprint density at radius 2 is 2.00 bits per heavy atom. The van der Waals surface area contributed by atoms with E-state index in [1.807, 2.05) is 0 Å². The summed E-state index contributed by atoms with van der Waals surface area (Å²) < 4.78 is 55.3. The van der Waals surface area contributed by atoms with Crippen LogP contribution in [-0.2, 0) is 17.3 Å². The molecule has 1 aromatic rings. The normalized spacial score (nSPS) is 13.5. The van der Waals surface area contributed by atoms with Gasteiger partial charge in [0.05, 0.1) is 5.56 Å². The molecule has 0 spiro atoms. The van der Waals surface area contributed by atoms with E-state index in [4.69, 9.17) is 4.55 Å². The average Bonchev–Trinajstić information content (AvgIpc) is 2.29. The van der Waals surface area contributed by atoms with Gasteiger partial charge < -0.3 is 4.55 Å². The Bertz CT molecular complexity index is 347. The maximum atomic E-state index is 12.2. The van der Waals surface area contributed by atoms with Crippen LogP contribution in [0.15, 0.2) is 10.3 Å². The van der Waals surface area contributed by atoms with Crippen molar-refractivity contribution >= 4 is 52.0 Å². The summed E-state index contributed by atoms with van der Waals surface area (Å²) in [5.74, 6) is 0. The zero-order chi connectivity index (χ0) is 10.2. The Labute approximate surface area is 107 Å². The van der Waals surface area contributed by atoms with E-state index < -0.39 is 22.8 Å². The van der Waals surface area contributed by atoms with Crippen LogP contribution < -0.4 is 0 Å². The molecule has 1 aromatic heterocycles. The summed E-state index contributed by atoms with van der Waals surface area (Å²) in [5, 5.41) is 0. The van der Waals surface area contributed by atoms with Crippen LogP contribution in [-0.4, -0.2) is 38.3 Å². The maximum absolute atomic E-state index is 12.2. The molecule has 14 heavy (non-hydrogen) atoms. The molecule has 0 aliphatic carbocycles. The molecule has 8 heteroatoms. The third kappa shape index (κ3) is 3.32. The van der Waals surface area contributed by atoms with Crippen molar-refractivity contribution in [1.29, 1.82) is 0 Å². The monoisotopic (exact) mass is 254 g/mol. The van der Waals surface area contributed by atoms with Crippen molar-refractivity contribution in [2.45, 2.75) is 17.3 Å². The number of alkyl halides is 3. The minimum atomic E-state index is -4.45. The molecule has 2 nitrogen and oxygen atoms in total. The quantitative estimate of drug-likeness (QED) is 0.615. The molecule has 0 aliphatic heterocycles. The first kappa shape index (κ1) is 14.6. The van der Waals surface area contributed by atoms with Crippen LogP contribution in [0.3, 0.4) is 0 Å². The summed E-state index contributed by atoms with van der Waals surface area (Å²) in [4.78, 5) is 0.00454. The van der Waals surface area contributed by atoms with Crippen LogP contribution >= 0.6 is 11.3 Å². The van der Waals surface area contributed by atoms with Crippen LogP contribution in [0.1, 0.15) is 10.4 Å². The van der Waals surface area contributed by atoms with E-state index in [0.717, 1.165) is 0 Å². The first-order valence-corrected chi connectivity index (χ1v) is 5.03. The van der Waals surface area contributed by atoms with Crippen molar-refractivity contribution in [3.63, 3.8) is 0 Å². The fourth-order valence-corrected chi connectivity index (χ4v) is 2.46.